The number of ether oxygens (including phenoxy) is 1. The maximum atomic E-state index is 10.5. The highest BCUT2D eigenvalue weighted by Gasteiger charge is 2.16. The fourth-order valence-electron chi connectivity index (χ4n) is 2.81. The molecular formula is C17H17ClO2. The molecule has 0 spiro atoms. The number of hydrogen-bond donors (Lipinski definition) is 1. The summed E-state index contributed by atoms with van der Waals surface area (Å²) in [7, 11) is 1.58. The second-order valence-electron chi connectivity index (χ2n) is 5.18. The van der Waals surface area contributed by atoms with Gasteiger partial charge in [0, 0.05) is 0 Å². The first-order chi connectivity index (χ1) is 9.69. The Balaban J connectivity index is 1.92. The molecule has 0 aromatic heterocycles. The predicted octanol–water partition coefficient (Wildman–Crippen LogP) is 3.92. The van der Waals surface area contributed by atoms with Gasteiger partial charge in [-0.1, -0.05) is 35.9 Å². The molecule has 0 amide bonds. The Kier molecular flexibility index (Phi) is 3.68. The van der Waals surface area contributed by atoms with Gasteiger partial charge in [0.1, 0.15) is 11.9 Å². The molecule has 0 bridgehead atoms. The Morgan fingerprint density at radius 2 is 1.75 bits per heavy atom. The van der Waals surface area contributed by atoms with E-state index >= 15 is 0 Å². The van der Waals surface area contributed by atoms with Crippen LogP contribution in [-0.4, -0.2) is 12.2 Å². The van der Waals surface area contributed by atoms with Crippen molar-refractivity contribution >= 4 is 11.6 Å². The van der Waals surface area contributed by atoms with Crippen molar-refractivity contribution in [2.75, 3.05) is 7.11 Å². The average Bonchev–Trinajstić information content (AvgIpc) is 2.93. The molecule has 104 valence electrons. The Bertz CT molecular complexity index is 637. The monoisotopic (exact) mass is 288 g/mol. The number of rotatable bonds is 3. The van der Waals surface area contributed by atoms with Crippen molar-refractivity contribution < 1.29 is 9.84 Å². The average molecular weight is 289 g/mol. The van der Waals surface area contributed by atoms with E-state index in [1.165, 1.54) is 17.5 Å². The van der Waals surface area contributed by atoms with Crippen LogP contribution in [0.2, 0.25) is 5.02 Å². The number of aliphatic hydroxyl groups is 1. The second-order valence-corrected chi connectivity index (χ2v) is 5.59. The molecule has 0 saturated heterocycles. The Hall–Kier alpha value is -1.51. The maximum absolute atomic E-state index is 10.5. The molecule has 0 aliphatic heterocycles. The van der Waals surface area contributed by atoms with Crippen LogP contribution >= 0.6 is 11.6 Å². The van der Waals surface area contributed by atoms with Gasteiger partial charge in [-0.3, -0.25) is 0 Å². The van der Waals surface area contributed by atoms with E-state index < -0.39 is 6.10 Å². The van der Waals surface area contributed by atoms with Gasteiger partial charge in [-0.05, 0) is 53.6 Å². The molecule has 2 aromatic carbocycles. The van der Waals surface area contributed by atoms with Crippen molar-refractivity contribution in [2.45, 2.75) is 25.4 Å². The minimum Gasteiger partial charge on any atom is -0.495 e. The molecule has 1 unspecified atom stereocenters. The lowest BCUT2D eigenvalue weighted by Crippen LogP contribution is -2.01. The molecular weight excluding hydrogens is 272 g/mol. The summed E-state index contributed by atoms with van der Waals surface area (Å²) in [5.41, 5.74) is 4.48. The molecule has 0 radical (unpaired) electrons. The van der Waals surface area contributed by atoms with E-state index in [9.17, 15) is 5.11 Å². The third-order valence-corrected chi connectivity index (χ3v) is 4.23. The Labute approximate surface area is 124 Å². The largest absolute Gasteiger partial charge is 0.495 e. The first-order valence-electron chi connectivity index (χ1n) is 6.82. The van der Waals surface area contributed by atoms with Crippen LogP contribution < -0.4 is 4.74 Å². The molecule has 0 heterocycles. The SMILES string of the molecule is COc1ccc(C(O)c2ccc3c(c2)CCC3)cc1Cl. The maximum Gasteiger partial charge on any atom is 0.137 e. The summed E-state index contributed by atoms with van der Waals surface area (Å²) in [5, 5.41) is 11.0. The van der Waals surface area contributed by atoms with Gasteiger partial charge in [0.25, 0.3) is 0 Å². The summed E-state index contributed by atoms with van der Waals surface area (Å²) >= 11 is 6.12. The van der Waals surface area contributed by atoms with Crippen molar-refractivity contribution in [3.8, 4) is 5.75 Å². The molecule has 1 atom stereocenters. The number of benzene rings is 2. The molecule has 0 fully saturated rings. The van der Waals surface area contributed by atoms with Gasteiger partial charge in [0.15, 0.2) is 0 Å². The number of hydrogen-bond acceptors (Lipinski definition) is 2. The van der Waals surface area contributed by atoms with E-state index in [1.54, 1.807) is 19.2 Å². The van der Waals surface area contributed by atoms with Crippen molar-refractivity contribution in [1.82, 2.24) is 0 Å². The van der Waals surface area contributed by atoms with Crippen LogP contribution in [0.15, 0.2) is 36.4 Å². The predicted molar refractivity (Wildman–Crippen MR) is 80.5 cm³/mol. The summed E-state index contributed by atoms with van der Waals surface area (Å²) in [6, 6.07) is 11.7. The molecule has 2 aromatic rings. The molecule has 20 heavy (non-hydrogen) atoms. The minimum atomic E-state index is -0.649. The first kappa shape index (κ1) is 13.5. The summed E-state index contributed by atoms with van der Waals surface area (Å²) < 4.78 is 5.13. The van der Waals surface area contributed by atoms with Crippen molar-refractivity contribution in [3.05, 3.63) is 63.7 Å². The van der Waals surface area contributed by atoms with Crippen LogP contribution in [0.5, 0.6) is 5.75 Å². The lowest BCUT2D eigenvalue weighted by Gasteiger charge is -2.14. The number of fused-ring (bicyclic) bond motifs is 1. The van der Waals surface area contributed by atoms with Gasteiger partial charge in [-0.15, -0.1) is 0 Å². The number of aryl methyl sites for hydroxylation is 2. The van der Waals surface area contributed by atoms with Crippen molar-refractivity contribution in [1.29, 1.82) is 0 Å². The zero-order valence-corrected chi connectivity index (χ0v) is 12.2. The lowest BCUT2D eigenvalue weighted by atomic mass is 9.98. The van der Waals surface area contributed by atoms with E-state index in [1.807, 2.05) is 12.1 Å². The van der Waals surface area contributed by atoms with E-state index in [0.29, 0.717) is 10.8 Å². The fraction of sp³-hybridized carbons (Fsp3) is 0.294. The highest BCUT2D eigenvalue weighted by Crippen LogP contribution is 2.32. The zero-order valence-electron chi connectivity index (χ0n) is 11.4. The minimum absolute atomic E-state index is 0.519. The highest BCUT2D eigenvalue weighted by molar-refractivity contribution is 6.32. The van der Waals surface area contributed by atoms with Crippen LogP contribution in [0.25, 0.3) is 0 Å². The summed E-state index contributed by atoms with van der Waals surface area (Å²) in [4.78, 5) is 0. The van der Waals surface area contributed by atoms with Gasteiger partial charge < -0.3 is 9.84 Å². The first-order valence-corrected chi connectivity index (χ1v) is 7.20. The Morgan fingerprint density at radius 1 is 1.05 bits per heavy atom. The zero-order chi connectivity index (χ0) is 14.1. The second kappa shape index (κ2) is 5.47. The van der Waals surface area contributed by atoms with Gasteiger partial charge in [0.05, 0.1) is 12.1 Å². The number of halogens is 1. The normalized spacial score (nSPS) is 14.9. The van der Waals surface area contributed by atoms with Gasteiger partial charge in [-0.2, -0.15) is 0 Å². The lowest BCUT2D eigenvalue weighted by molar-refractivity contribution is 0.220. The van der Waals surface area contributed by atoms with Gasteiger partial charge >= 0.3 is 0 Å². The summed E-state index contributed by atoms with van der Waals surface area (Å²) in [5.74, 6) is 0.622. The quantitative estimate of drug-likeness (QED) is 0.927. The number of aliphatic hydroxyl groups excluding tert-OH is 1. The van der Waals surface area contributed by atoms with Crippen LogP contribution in [0.4, 0.5) is 0 Å². The summed E-state index contributed by atoms with van der Waals surface area (Å²) in [6.45, 7) is 0. The van der Waals surface area contributed by atoms with E-state index in [-0.39, 0.29) is 0 Å². The van der Waals surface area contributed by atoms with E-state index in [4.69, 9.17) is 16.3 Å². The Morgan fingerprint density at radius 3 is 2.50 bits per heavy atom. The summed E-state index contributed by atoms with van der Waals surface area (Å²) in [6.07, 6.45) is 2.83. The molecule has 1 N–H and O–H groups in total. The third kappa shape index (κ3) is 2.41. The molecule has 1 aliphatic rings. The smallest absolute Gasteiger partial charge is 0.137 e. The molecule has 1 aliphatic carbocycles. The number of methoxy groups -OCH3 is 1. The molecule has 3 heteroatoms. The van der Waals surface area contributed by atoms with E-state index in [0.717, 1.165) is 24.0 Å². The topological polar surface area (TPSA) is 29.5 Å². The van der Waals surface area contributed by atoms with Crippen LogP contribution in [0, 0.1) is 0 Å². The van der Waals surface area contributed by atoms with Crippen molar-refractivity contribution in [3.63, 3.8) is 0 Å². The van der Waals surface area contributed by atoms with Crippen LogP contribution in [0.1, 0.15) is 34.8 Å². The molecule has 3 rings (SSSR count). The van der Waals surface area contributed by atoms with Crippen LogP contribution in [-0.2, 0) is 12.8 Å². The fourth-order valence-corrected chi connectivity index (χ4v) is 3.07. The van der Waals surface area contributed by atoms with Gasteiger partial charge in [0.2, 0.25) is 0 Å². The van der Waals surface area contributed by atoms with E-state index in [2.05, 4.69) is 12.1 Å². The van der Waals surface area contributed by atoms with Gasteiger partial charge in [-0.25, -0.2) is 0 Å². The highest BCUT2D eigenvalue weighted by atomic mass is 35.5. The van der Waals surface area contributed by atoms with Crippen molar-refractivity contribution in [2.24, 2.45) is 0 Å². The molecule has 0 saturated carbocycles. The molecule has 2 nitrogen and oxygen atoms in total. The van der Waals surface area contributed by atoms with Crippen LogP contribution in [0.3, 0.4) is 0 Å². The third-order valence-electron chi connectivity index (χ3n) is 3.93. The standard InChI is InChI=1S/C17H17ClO2/c1-20-16-8-7-14(10-15(16)18)17(19)13-6-5-11-3-2-4-12(11)9-13/h5-10,17,19H,2-4H2,1H3.